The first-order valence-electron chi connectivity index (χ1n) is 9.37. The fraction of sp³-hybridized carbons (Fsp3) is 0.625. The van der Waals surface area contributed by atoms with Crippen molar-refractivity contribution in [1.82, 2.24) is 16.0 Å². The summed E-state index contributed by atoms with van der Waals surface area (Å²) in [4.78, 5) is 63.4. The molecule has 4 unspecified atom stereocenters. The molecule has 0 fully saturated rings. The standard InChI is InChI=1S/C16H30N8O6S2/c17-7(5-31)12(26)23-9(4-11(18)25)13(27)24-10(6-32)14(28)22-8(15(29)30)2-1-3-21-16(19)20/h7-10,31-32H,1-6,17H2,(H2,18,25)(H,22,28)(H,23,26)(H,24,27)(H,29,30)(H4,19,20,21). The molecular weight excluding hydrogens is 464 g/mol. The lowest BCUT2D eigenvalue weighted by Gasteiger charge is -2.23. The Kier molecular flexibility index (Phi) is 13.9. The molecule has 12 N–H and O–H groups in total. The van der Waals surface area contributed by atoms with Crippen molar-refractivity contribution in [3.8, 4) is 0 Å². The molecule has 0 radical (unpaired) electrons. The molecule has 0 aliphatic heterocycles. The van der Waals surface area contributed by atoms with Crippen molar-refractivity contribution >= 4 is 60.8 Å². The molecule has 0 aromatic rings. The first-order chi connectivity index (χ1) is 14.9. The fourth-order valence-electron chi connectivity index (χ4n) is 2.27. The van der Waals surface area contributed by atoms with E-state index < -0.39 is 60.2 Å². The Morgan fingerprint density at radius 2 is 1.38 bits per heavy atom. The number of rotatable bonds is 15. The van der Waals surface area contributed by atoms with Gasteiger partial charge in [0.05, 0.1) is 12.5 Å². The van der Waals surface area contributed by atoms with Gasteiger partial charge in [-0.3, -0.25) is 24.2 Å². The third kappa shape index (κ3) is 11.6. The van der Waals surface area contributed by atoms with E-state index in [1.807, 2.05) is 0 Å². The Morgan fingerprint density at radius 1 is 0.844 bits per heavy atom. The third-order valence-corrected chi connectivity index (χ3v) is 4.71. The highest BCUT2D eigenvalue weighted by Crippen LogP contribution is 2.02. The van der Waals surface area contributed by atoms with Crippen LogP contribution in [-0.2, 0) is 24.0 Å². The maximum atomic E-state index is 12.5. The van der Waals surface area contributed by atoms with Gasteiger partial charge in [-0.25, -0.2) is 4.79 Å². The molecule has 4 amide bonds. The summed E-state index contributed by atoms with van der Waals surface area (Å²) in [5, 5.41) is 16.2. The number of guanidine groups is 1. The number of nitrogens with one attached hydrogen (secondary N) is 3. The van der Waals surface area contributed by atoms with Gasteiger partial charge in [0.25, 0.3) is 0 Å². The number of carboxylic acid groups (broad SMARTS) is 1. The highest BCUT2D eigenvalue weighted by atomic mass is 32.1. The van der Waals surface area contributed by atoms with Crippen LogP contribution in [0.15, 0.2) is 4.99 Å². The second kappa shape index (κ2) is 15.1. The van der Waals surface area contributed by atoms with E-state index >= 15 is 0 Å². The number of primary amides is 1. The lowest BCUT2D eigenvalue weighted by atomic mass is 10.1. The number of carbonyl (C=O) groups excluding carboxylic acids is 4. The van der Waals surface area contributed by atoms with Crippen LogP contribution in [0, 0.1) is 0 Å². The molecule has 0 spiro atoms. The second-order valence-electron chi connectivity index (χ2n) is 6.61. The summed E-state index contributed by atoms with van der Waals surface area (Å²) in [5.41, 5.74) is 21.0. The van der Waals surface area contributed by atoms with Crippen molar-refractivity contribution in [1.29, 1.82) is 0 Å². The predicted octanol–water partition coefficient (Wildman–Crippen LogP) is -4.36. The number of hydrogen-bond acceptors (Lipinski definition) is 9. The number of amides is 4. The molecule has 0 rings (SSSR count). The first kappa shape index (κ1) is 29.3. The van der Waals surface area contributed by atoms with Crippen LogP contribution in [0.4, 0.5) is 0 Å². The van der Waals surface area contributed by atoms with Gasteiger partial charge in [-0.05, 0) is 12.8 Å². The van der Waals surface area contributed by atoms with Gasteiger partial charge in [0.1, 0.15) is 18.1 Å². The molecule has 0 aromatic carbocycles. The molecule has 0 aliphatic rings. The zero-order valence-corrected chi connectivity index (χ0v) is 19.0. The number of aliphatic imine (C=N–C) groups is 1. The van der Waals surface area contributed by atoms with Gasteiger partial charge in [-0.1, -0.05) is 0 Å². The molecule has 14 nitrogen and oxygen atoms in total. The first-order valence-corrected chi connectivity index (χ1v) is 10.6. The number of hydrogen-bond donors (Lipinski definition) is 10. The van der Waals surface area contributed by atoms with Crippen LogP contribution in [0.25, 0.3) is 0 Å². The lowest BCUT2D eigenvalue weighted by molar-refractivity contribution is -0.142. The third-order valence-electron chi connectivity index (χ3n) is 3.95. The molecule has 0 saturated heterocycles. The smallest absolute Gasteiger partial charge is 0.326 e. The van der Waals surface area contributed by atoms with Crippen molar-refractivity contribution < 1.29 is 29.1 Å². The minimum atomic E-state index is -1.41. The topological polar surface area (TPSA) is 258 Å². The summed E-state index contributed by atoms with van der Waals surface area (Å²) in [6.07, 6.45) is -0.265. The summed E-state index contributed by atoms with van der Waals surface area (Å²) in [6, 6.07) is -4.99. The van der Waals surface area contributed by atoms with Crippen molar-refractivity contribution in [2.45, 2.75) is 43.4 Å². The maximum Gasteiger partial charge on any atom is 0.326 e. The summed E-state index contributed by atoms with van der Waals surface area (Å²) in [7, 11) is 0. The quantitative estimate of drug-likeness (QED) is 0.0455. The van der Waals surface area contributed by atoms with Gasteiger partial charge in [-0.2, -0.15) is 25.3 Å². The predicted molar refractivity (Wildman–Crippen MR) is 123 cm³/mol. The van der Waals surface area contributed by atoms with Gasteiger partial charge in [0.2, 0.25) is 23.6 Å². The summed E-state index contributed by atoms with van der Waals surface area (Å²) < 4.78 is 0. The Morgan fingerprint density at radius 3 is 1.84 bits per heavy atom. The average molecular weight is 495 g/mol. The zero-order valence-electron chi connectivity index (χ0n) is 17.2. The Balaban J connectivity index is 5.15. The van der Waals surface area contributed by atoms with Crippen LogP contribution >= 0.6 is 25.3 Å². The van der Waals surface area contributed by atoms with Crippen molar-refractivity contribution in [3.05, 3.63) is 0 Å². The van der Waals surface area contributed by atoms with Gasteiger partial charge in [-0.15, -0.1) is 0 Å². The van der Waals surface area contributed by atoms with Gasteiger partial charge in [0.15, 0.2) is 5.96 Å². The molecule has 16 heteroatoms. The van der Waals surface area contributed by atoms with Crippen LogP contribution in [0.1, 0.15) is 19.3 Å². The Bertz CT molecular complexity index is 719. The van der Waals surface area contributed by atoms with Crippen LogP contribution in [0.3, 0.4) is 0 Å². The monoisotopic (exact) mass is 494 g/mol. The van der Waals surface area contributed by atoms with E-state index in [1.54, 1.807) is 0 Å². The van der Waals surface area contributed by atoms with E-state index in [0.717, 1.165) is 0 Å². The largest absolute Gasteiger partial charge is 0.480 e. The number of carbonyl (C=O) groups is 5. The molecule has 32 heavy (non-hydrogen) atoms. The van der Waals surface area contributed by atoms with E-state index in [2.05, 4.69) is 46.2 Å². The summed E-state index contributed by atoms with van der Waals surface area (Å²) in [6.45, 7) is 0.164. The summed E-state index contributed by atoms with van der Waals surface area (Å²) in [5.74, 6) is -5.04. The molecule has 182 valence electrons. The number of nitrogens with two attached hydrogens (primary N) is 4. The highest BCUT2D eigenvalue weighted by Gasteiger charge is 2.30. The fourth-order valence-corrected chi connectivity index (χ4v) is 2.69. The molecule has 4 atom stereocenters. The van der Waals surface area contributed by atoms with Crippen LogP contribution in [-0.4, -0.2) is 82.9 Å². The normalized spacial score (nSPS) is 14.2. The van der Waals surface area contributed by atoms with E-state index in [9.17, 15) is 29.1 Å². The van der Waals surface area contributed by atoms with Crippen molar-refractivity contribution in [3.63, 3.8) is 0 Å². The molecular formula is C16H30N8O6S2. The highest BCUT2D eigenvalue weighted by molar-refractivity contribution is 7.80. The van der Waals surface area contributed by atoms with E-state index in [4.69, 9.17) is 22.9 Å². The van der Waals surface area contributed by atoms with Crippen LogP contribution in [0.5, 0.6) is 0 Å². The molecule has 0 heterocycles. The second-order valence-corrected chi connectivity index (χ2v) is 7.34. The number of thiol groups is 2. The molecule has 0 aliphatic carbocycles. The van der Waals surface area contributed by atoms with E-state index in [-0.39, 0.29) is 36.9 Å². The van der Waals surface area contributed by atoms with Gasteiger partial charge >= 0.3 is 5.97 Å². The lowest BCUT2D eigenvalue weighted by Crippen LogP contribution is -2.58. The van der Waals surface area contributed by atoms with Crippen molar-refractivity contribution in [2.24, 2.45) is 27.9 Å². The van der Waals surface area contributed by atoms with Gasteiger partial charge in [0, 0.05) is 18.1 Å². The molecule has 0 bridgehead atoms. The van der Waals surface area contributed by atoms with Gasteiger partial charge < -0.3 is 44.0 Å². The SMILES string of the molecule is NC(=O)CC(NC(=O)C(N)CS)C(=O)NC(CS)C(=O)NC(CCCN=C(N)N)C(=O)O. The van der Waals surface area contributed by atoms with Crippen molar-refractivity contribution in [2.75, 3.05) is 18.1 Å². The molecule has 0 aromatic heterocycles. The Labute approximate surface area is 195 Å². The Hall–Kier alpha value is -2.72. The van der Waals surface area contributed by atoms with Crippen LogP contribution in [0.2, 0.25) is 0 Å². The number of aliphatic carboxylic acids is 1. The zero-order chi connectivity index (χ0) is 24.8. The average Bonchev–Trinajstić information content (AvgIpc) is 2.71. The molecule has 0 saturated carbocycles. The number of carboxylic acids is 1. The number of nitrogens with zero attached hydrogens (tertiary/aromatic N) is 1. The maximum absolute atomic E-state index is 12.5. The minimum Gasteiger partial charge on any atom is -0.480 e. The van der Waals surface area contributed by atoms with E-state index in [1.165, 1.54) is 0 Å². The van der Waals surface area contributed by atoms with Crippen LogP contribution < -0.4 is 38.9 Å². The summed E-state index contributed by atoms with van der Waals surface area (Å²) >= 11 is 7.87. The minimum absolute atomic E-state index is 0.0157. The van der Waals surface area contributed by atoms with E-state index in [0.29, 0.717) is 0 Å².